The Morgan fingerprint density at radius 3 is 2.37 bits per heavy atom. The molecule has 19 heavy (non-hydrogen) atoms. The molecule has 0 N–H and O–H groups in total. The lowest BCUT2D eigenvalue weighted by molar-refractivity contribution is -0.0500. The molecule has 0 unspecified atom stereocenters. The van der Waals surface area contributed by atoms with Crippen molar-refractivity contribution in [3.8, 4) is 5.75 Å². The molecule has 0 heterocycles. The first kappa shape index (κ1) is 15.6. The summed E-state index contributed by atoms with van der Waals surface area (Å²) in [5.41, 5.74) is -6.12. The Balaban J connectivity index is 3.28. The summed E-state index contributed by atoms with van der Waals surface area (Å²) in [5, 5.41) is -0.111. The van der Waals surface area contributed by atoms with Gasteiger partial charge in [0.15, 0.2) is 5.75 Å². The van der Waals surface area contributed by atoms with E-state index in [4.69, 9.17) is 11.6 Å². The maximum Gasteiger partial charge on any atom is 0.534 e. The zero-order valence-electron chi connectivity index (χ0n) is 9.19. The van der Waals surface area contributed by atoms with E-state index in [1.165, 1.54) is 6.07 Å². The number of carbonyl (C=O) groups is 1. The highest BCUT2D eigenvalue weighted by molar-refractivity contribution is 7.88. The Hall–Kier alpha value is -1.48. The van der Waals surface area contributed by atoms with Crippen molar-refractivity contribution in [2.45, 2.75) is 5.51 Å². The van der Waals surface area contributed by atoms with Crippen molar-refractivity contribution in [2.24, 2.45) is 0 Å². The van der Waals surface area contributed by atoms with Crippen molar-refractivity contribution in [3.63, 3.8) is 0 Å². The van der Waals surface area contributed by atoms with Gasteiger partial charge in [0, 0.05) is 11.1 Å². The Kier molecular flexibility index (Phi) is 4.31. The smallest absolute Gasteiger partial charge is 0.465 e. The zero-order chi connectivity index (χ0) is 14.8. The molecule has 1 rings (SSSR count). The van der Waals surface area contributed by atoms with Gasteiger partial charge in [0.05, 0.1) is 7.11 Å². The van der Waals surface area contributed by atoms with Gasteiger partial charge in [-0.3, -0.25) is 0 Å². The number of hydrogen-bond donors (Lipinski definition) is 0. The molecule has 0 saturated heterocycles. The minimum Gasteiger partial charge on any atom is -0.465 e. The van der Waals surface area contributed by atoms with E-state index in [0.29, 0.717) is 0 Å². The number of esters is 1. The second-order valence-corrected chi connectivity index (χ2v) is 5.09. The third-order valence-corrected chi connectivity index (χ3v) is 3.03. The summed E-state index contributed by atoms with van der Waals surface area (Å²) in [5.74, 6) is -1.93. The molecule has 0 saturated carbocycles. The zero-order valence-corrected chi connectivity index (χ0v) is 10.8. The van der Waals surface area contributed by atoms with Crippen LogP contribution in [0.25, 0.3) is 0 Å². The minimum absolute atomic E-state index is 0.111. The molecule has 0 aliphatic carbocycles. The van der Waals surface area contributed by atoms with Crippen LogP contribution in [0.4, 0.5) is 13.2 Å². The molecule has 0 spiro atoms. The van der Waals surface area contributed by atoms with Crippen LogP contribution in [0.2, 0.25) is 5.02 Å². The van der Waals surface area contributed by atoms with Crippen molar-refractivity contribution in [3.05, 3.63) is 28.8 Å². The Bertz CT molecular complexity index is 596. The third-order valence-electron chi connectivity index (χ3n) is 1.83. The van der Waals surface area contributed by atoms with Gasteiger partial charge in [-0.1, -0.05) is 11.6 Å². The van der Waals surface area contributed by atoms with E-state index in [9.17, 15) is 26.4 Å². The number of hydrogen-bond acceptors (Lipinski definition) is 5. The fourth-order valence-electron chi connectivity index (χ4n) is 1.01. The van der Waals surface area contributed by atoms with Gasteiger partial charge in [-0.05, 0) is 12.1 Å². The van der Waals surface area contributed by atoms with E-state index in [1.807, 2.05) is 0 Å². The van der Waals surface area contributed by atoms with Gasteiger partial charge < -0.3 is 8.92 Å². The molecule has 1 aromatic rings. The van der Waals surface area contributed by atoms with Crippen LogP contribution in [0.5, 0.6) is 5.75 Å². The van der Waals surface area contributed by atoms with Crippen LogP contribution >= 0.6 is 11.6 Å². The van der Waals surface area contributed by atoms with Gasteiger partial charge in [-0.25, -0.2) is 4.79 Å². The molecule has 0 radical (unpaired) electrons. The highest BCUT2D eigenvalue weighted by atomic mass is 35.5. The molecule has 0 aromatic heterocycles. The van der Waals surface area contributed by atoms with E-state index >= 15 is 0 Å². The molecule has 0 aliphatic heterocycles. The molecule has 1 aromatic carbocycles. The molecular formula is C9H6ClF3O5S. The van der Waals surface area contributed by atoms with Crippen molar-refractivity contribution in [2.75, 3.05) is 7.11 Å². The molecular weight excluding hydrogens is 313 g/mol. The summed E-state index contributed by atoms with van der Waals surface area (Å²) in [6.45, 7) is 0. The van der Waals surface area contributed by atoms with Crippen LogP contribution in [-0.4, -0.2) is 27.0 Å². The maximum absolute atomic E-state index is 12.2. The van der Waals surface area contributed by atoms with Crippen LogP contribution < -0.4 is 4.18 Å². The number of alkyl halides is 3. The summed E-state index contributed by atoms with van der Waals surface area (Å²) in [6, 6.07) is 2.91. The molecule has 10 heteroatoms. The summed E-state index contributed by atoms with van der Waals surface area (Å²) in [4.78, 5) is 11.3. The summed E-state index contributed by atoms with van der Waals surface area (Å²) < 4.78 is 66.4. The van der Waals surface area contributed by atoms with E-state index in [1.54, 1.807) is 0 Å². The second kappa shape index (κ2) is 5.25. The lowest BCUT2D eigenvalue weighted by Gasteiger charge is -2.12. The maximum atomic E-state index is 12.2. The van der Waals surface area contributed by atoms with E-state index in [0.717, 1.165) is 19.2 Å². The summed E-state index contributed by atoms with van der Waals surface area (Å²) >= 11 is 5.50. The topological polar surface area (TPSA) is 69.7 Å². The average Bonchev–Trinajstić information content (AvgIpc) is 2.26. The number of carbonyl (C=O) groups excluding carboxylic acids is 1. The third kappa shape index (κ3) is 3.51. The molecule has 0 aliphatic rings. The predicted octanol–water partition coefficient (Wildman–Crippen LogP) is 2.36. The predicted molar refractivity (Wildman–Crippen MR) is 58.4 cm³/mol. The van der Waals surface area contributed by atoms with E-state index in [2.05, 4.69) is 8.92 Å². The highest BCUT2D eigenvalue weighted by Crippen LogP contribution is 2.31. The lowest BCUT2D eigenvalue weighted by atomic mass is 10.2. The Labute approximate surface area is 111 Å². The fraction of sp³-hybridized carbons (Fsp3) is 0.222. The summed E-state index contributed by atoms with van der Waals surface area (Å²) in [6.07, 6.45) is 0. The van der Waals surface area contributed by atoms with Gasteiger partial charge in [0.25, 0.3) is 0 Å². The normalized spacial score (nSPS) is 12.1. The highest BCUT2D eigenvalue weighted by Gasteiger charge is 2.49. The number of methoxy groups -OCH3 is 1. The van der Waals surface area contributed by atoms with E-state index in [-0.39, 0.29) is 5.02 Å². The molecule has 5 nitrogen and oxygen atoms in total. The van der Waals surface area contributed by atoms with Crippen molar-refractivity contribution >= 4 is 27.7 Å². The molecule has 106 valence electrons. The first-order valence-corrected chi connectivity index (χ1v) is 6.25. The van der Waals surface area contributed by atoms with Crippen molar-refractivity contribution in [1.82, 2.24) is 0 Å². The van der Waals surface area contributed by atoms with Crippen molar-refractivity contribution < 1.29 is 35.3 Å². The van der Waals surface area contributed by atoms with Gasteiger partial charge in [-0.15, -0.1) is 0 Å². The Morgan fingerprint density at radius 1 is 1.32 bits per heavy atom. The lowest BCUT2D eigenvalue weighted by Crippen LogP contribution is -2.28. The van der Waals surface area contributed by atoms with Crippen LogP contribution in [0.1, 0.15) is 10.4 Å². The molecule has 0 atom stereocenters. The number of rotatable bonds is 3. The first-order valence-electron chi connectivity index (χ1n) is 4.47. The minimum atomic E-state index is -5.90. The van der Waals surface area contributed by atoms with Gasteiger partial charge in [0.2, 0.25) is 0 Å². The van der Waals surface area contributed by atoms with Crippen LogP contribution in [0.15, 0.2) is 18.2 Å². The van der Waals surface area contributed by atoms with Crippen LogP contribution in [-0.2, 0) is 14.9 Å². The molecule has 0 amide bonds. The number of ether oxygens (including phenoxy) is 1. The van der Waals surface area contributed by atoms with Crippen molar-refractivity contribution in [1.29, 1.82) is 0 Å². The SMILES string of the molecule is COC(=O)c1ccc(Cl)cc1OS(=O)(=O)C(F)(F)F. The fourth-order valence-corrected chi connectivity index (χ4v) is 1.64. The Morgan fingerprint density at radius 2 is 1.89 bits per heavy atom. The second-order valence-electron chi connectivity index (χ2n) is 3.12. The average molecular weight is 319 g/mol. The standard InChI is InChI=1S/C9H6ClF3O5S/c1-17-8(14)6-3-2-5(10)4-7(6)18-19(15,16)9(11,12)13/h2-4H,1H3. The van der Waals surface area contributed by atoms with Crippen LogP contribution in [0, 0.1) is 0 Å². The quantitative estimate of drug-likeness (QED) is 0.486. The van der Waals surface area contributed by atoms with Gasteiger partial charge in [0.1, 0.15) is 5.56 Å². The number of benzene rings is 1. The molecule has 0 fully saturated rings. The van der Waals surface area contributed by atoms with Crippen LogP contribution in [0.3, 0.4) is 0 Å². The molecule has 0 bridgehead atoms. The monoisotopic (exact) mass is 318 g/mol. The van der Waals surface area contributed by atoms with Gasteiger partial charge in [-0.2, -0.15) is 21.6 Å². The van der Waals surface area contributed by atoms with E-state index < -0.39 is 32.9 Å². The van der Waals surface area contributed by atoms with Gasteiger partial charge >= 0.3 is 21.6 Å². The number of halogens is 4. The first-order chi connectivity index (χ1) is 8.58. The largest absolute Gasteiger partial charge is 0.534 e. The summed E-state index contributed by atoms with van der Waals surface area (Å²) in [7, 11) is -4.93.